The summed E-state index contributed by atoms with van der Waals surface area (Å²) in [6, 6.07) is 5.96. The van der Waals surface area contributed by atoms with E-state index in [1.54, 1.807) is 6.07 Å². The van der Waals surface area contributed by atoms with Crippen LogP contribution in [0, 0.1) is 0 Å². The van der Waals surface area contributed by atoms with Gasteiger partial charge in [-0.1, -0.05) is 24.3 Å². The molecule has 17 heavy (non-hydrogen) atoms. The molecule has 0 heterocycles. The molecular weight excluding hydrogens is 230 g/mol. The van der Waals surface area contributed by atoms with Gasteiger partial charge in [-0.05, 0) is 0 Å². The maximum atomic E-state index is 13.4. The van der Waals surface area contributed by atoms with Gasteiger partial charge in [-0.25, -0.2) is 0 Å². The second-order valence-electron chi connectivity index (χ2n) is 3.92. The molecule has 1 aromatic carbocycles. The molecule has 1 unspecified atom stereocenters. The number of esters is 1. The molecule has 0 fully saturated rings. The predicted molar refractivity (Wildman–Crippen MR) is 54.8 cm³/mol. The minimum atomic E-state index is -3.48. The van der Waals surface area contributed by atoms with Crippen LogP contribution in [0.3, 0.4) is 0 Å². The van der Waals surface area contributed by atoms with E-state index in [1.807, 2.05) is 0 Å². The number of rotatable bonds is 1. The number of ether oxygens (including phenoxy) is 1. The van der Waals surface area contributed by atoms with Crippen LogP contribution in [0.5, 0.6) is 0 Å². The Morgan fingerprint density at radius 2 is 2.06 bits per heavy atom. The lowest BCUT2D eigenvalue weighted by molar-refractivity contribution is -0.150. The highest BCUT2D eigenvalue weighted by atomic mass is 19.3. The summed E-state index contributed by atoms with van der Waals surface area (Å²) in [4.78, 5) is 22.3. The zero-order valence-electron chi connectivity index (χ0n) is 9.07. The minimum absolute atomic E-state index is 0.0741. The second-order valence-corrected chi connectivity index (χ2v) is 3.92. The van der Waals surface area contributed by atoms with Gasteiger partial charge in [0.15, 0.2) is 0 Å². The number of halogens is 2. The van der Waals surface area contributed by atoms with Gasteiger partial charge in [0.1, 0.15) is 6.10 Å². The van der Waals surface area contributed by atoms with Gasteiger partial charge in [-0.2, -0.15) is 8.78 Å². The third kappa shape index (κ3) is 2.05. The summed E-state index contributed by atoms with van der Waals surface area (Å²) < 4.78 is 31.7. The number of carbonyl (C=O) groups is 2. The van der Waals surface area contributed by atoms with E-state index < -0.39 is 30.2 Å². The lowest BCUT2D eigenvalue weighted by Gasteiger charge is -2.29. The zero-order valence-corrected chi connectivity index (χ0v) is 9.07. The number of benzene rings is 1. The topological polar surface area (TPSA) is 43.4 Å². The quantitative estimate of drug-likeness (QED) is 0.708. The molecule has 1 aliphatic carbocycles. The van der Waals surface area contributed by atoms with Gasteiger partial charge in [-0.15, -0.1) is 0 Å². The molecule has 0 radical (unpaired) electrons. The number of ketones is 1. The Hall–Kier alpha value is -1.78. The van der Waals surface area contributed by atoms with E-state index in [2.05, 4.69) is 0 Å². The summed E-state index contributed by atoms with van der Waals surface area (Å²) in [6.45, 7) is 1.15. The first-order valence-electron chi connectivity index (χ1n) is 5.10. The average molecular weight is 240 g/mol. The molecule has 0 bridgehead atoms. The fourth-order valence-electron chi connectivity index (χ4n) is 1.92. The van der Waals surface area contributed by atoms with E-state index in [1.165, 1.54) is 18.2 Å². The minimum Gasteiger partial charge on any atom is -0.457 e. The van der Waals surface area contributed by atoms with Crippen molar-refractivity contribution in [2.24, 2.45) is 0 Å². The van der Waals surface area contributed by atoms with Crippen LogP contribution in [0.15, 0.2) is 24.3 Å². The average Bonchev–Trinajstić information content (AvgIpc) is 2.25. The smallest absolute Gasteiger partial charge is 0.313 e. The Bertz CT molecular complexity index is 482. The summed E-state index contributed by atoms with van der Waals surface area (Å²) in [5.74, 6) is -5.33. The van der Waals surface area contributed by atoms with Gasteiger partial charge in [-0.3, -0.25) is 9.59 Å². The van der Waals surface area contributed by atoms with E-state index in [9.17, 15) is 18.4 Å². The van der Waals surface area contributed by atoms with E-state index in [-0.39, 0.29) is 5.56 Å². The van der Waals surface area contributed by atoms with Crippen molar-refractivity contribution >= 4 is 11.8 Å². The highest BCUT2D eigenvalue weighted by molar-refractivity contribution is 6.03. The lowest BCUT2D eigenvalue weighted by atomic mass is 9.86. The largest absolute Gasteiger partial charge is 0.457 e. The van der Waals surface area contributed by atoms with Crippen LogP contribution in [-0.2, 0) is 9.53 Å². The van der Waals surface area contributed by atoms with Gasteiger partial charge >= 0.3 is 11.9 Å². The van der Waals surface area contributed by atoms with Gasteiger partial charge in [0.2, 0.25) is 5.78 Å². The third-order valence-corrected chi connectivity index (χ3v) is 2.63. The van der Waals surface area contributed by atoms with Crippen molar-refractivity contribution in [3.05, 3.63) is 35.4 Å². The fraction of sp³-hybridized carbons (Fsp3) is 0.333. The van der Waals surface area contributed by atoms with E-state index >= 15 is 0 Å². The molecule has 2 rings (SSSR count). The van der Waals surface area contributed by atoms with E-state index in [0.717, 1.165) is 6.92 Å². The van der Waals surface area contributed by atoms with Crippen LogP contribution >= 0.6 is 0 Å². The van der Waals surface area contributed by atoms with Gasteiger partial charge in [0.25, 0.3) is 0 Å². The monoisotopic (exact) mass is 240 g/mol. The van der Waals surface area contributed by atoms with Gasteiger partial charge < -0.3 is 4.74 Å². The number of hydrogen-bond acceptors (Lipinski definition) is 3. The molecule has 0 saturated heterocycles. The molecule has 0 spiro atoms. The molecule has 0 saturated carbocycles. The summed E-state index contributed by atoms with van der Waals surface area (Å²) >= 11 is 0. The predicted octanol–water partition coefficient (Wildman–Crippen LogP) is 2.51. The molecule has 0 N–H and O–H groups in total. The van der Waals surface area contributed by atoms with Crippen LogP contribution in [0.25, 0.3) is 0 Å². The number of fused-ring (bicyclic) bond motifs is 1. The second kappa shape index (κ2) is 3.91. The summed E-state index contributed by atoms with van der Waals surface area (Å²) in [6.07, 6.45) is -1.85. The number of alkyl halides is 2. The molecule has 90 valence electrons. The van der Waals surface area contributed by atoms with Crippen LogP contribution in [0.2, 0.25) is 0 Å². The first-order chi connectivity index (χ1) is 7.92. The van der Waals surface area contributed by atoms with Crippen molar-refractivity contribution in [2.45, 2.75) is 25.4 Å². The van der Waals surface area contributed by atoms with E-state index in [4.69, 9.17) is 4.74 Å². The molecule has 1 atom stereocenters. The molecular formula is C12H10F2O3. The SMILES string of the molecule is CC(=O)OC1CC(F)(F)C(=O)c2ccccc21. The molecule has 0 amide bonds. The Kier molecular flexibility index (Phi) is 2.69. The van der Waals surface area contributed by atoms with Crippen LogP contribution in [0.4, 0.5) is 8.78 Å². The Labute approximate surface area is 96.4 Å². The number of hydrogen-bond donors (Lipinski definition) is 0. The zero-order chi connectivity index (χ0) is 12.6. The Balaban J connectivity index is 2.47. The molecule has 5 heteroatoms. The molecule has 3 nitrogen and oxygen atoms in total. The molecule has 1 aliphatic rings. The molecule has 0 aliphatic heterocycles. The van der Waals surface area contributed by atoms with Gasteiger partial charge in [0.05, 0.1) is 6.42 Å². The fourth-order valence-corrected chi connectivity index (χ4v) is 1.92. The van der Waals surface area contributed by atoms with Crippen molar-refractivity contribution in [3.63, 3.8) is 0 Å². The number of Topliss-reactive ketones (excluding diaryl/α,β-unsaturated/α-hetero) is 1. The summed E-state index contributed by atoms with van der Waals surface area (Å²) in [5.41, 5.74) is 0.272. The summed E-state index contributed by atoms with van der Waals surface area (Å²) in [5, 5.41) is 0. The summed E-state index contributed by atoms with van der Waals surface area (Å²) in [7, 11) is 0. The molecule has 1 aromatic rings. The van der Waals surface area contributed by atoms with E-state index in [0.29, 0.717) is 5.56 Å². The molecule has 0 aromatic heterocycles. The first kappa shape index (κ1) is 11.7. The van der Waals surface area contributed by atoms with Crippen LogP contribution < -0.4 is 0 Å². The Morgan fingerprint density at radius 3 is 2.71 bits per heavy atom. The lowest BCUT2D eigenvalue weighted by Crippen LogP contribution is -2.37. The van der Waals surface area contributed by atoms with Crippen molar-refractivity contribution in [3.8, 4) is 0 Å². The number of carbonyl (C=O) groups excluding carboxylic acids is 2. The maximum absolute atomic E-state index is 13.4. The van der Waals surface area contributed by atoms with Gasteiger partial charge in [0, 0.05) is 18.1 Å². The van der Waals surface area contributed by atoms with Crippen molar-refractivity contribution in [1.82, 2.24) is 0 Å². The van der Waals surface area contributed by atoms with Crippen molar-refractivity contribution in [2.75, 3.05) is 0 Å². The first-order valence-corrected chi connectivity index (χ1v) is 5.10. The van der Waals surface area contributed by atoms with Crippen molar-refractivity contribution < 1.29 is 23.1 Å². The van der Waals surface area contributed by atoms with Crippen LogP contribution in [0.1, 0.15) is 35.4 Å². The highest BCUT2D eigenvalue weighted by Gasteiger charge is 2.48. The highest BCUT2D eigenvalue weighted by Crippen LogP contribution is 2.40. The Morgan fingerprint density at radius 1 is 1.41 bits per heavy atom. The normalized spacial score (nSPS) is 21.8. The van der Waals surface area contributed by atoms with Crippen molar-refractivity contribution in [1.29, 1.82) is 0 Å². The third-order valence-electron chi connectivity index (χ3n) is 2.63. The standard InChI is InChI=1S/C12H10F2O3/c1-7(15)17-10-6-12(13,14)11(16)9-5-3-2-4-8(9)10/h2-5,10H,6H2,1H3. The van der Waals surface area contributed by atoms with Crippen LogP contribution in [-0.4, -0.2) is 17.7 Å². The maximum Gasteiger partial charge on any atom is 0.313 e.